The van der Waals surface area contributed by atoms with Gasteiger partial charge >= 0.3 is 0 Å². The Morgan fingerprint density at radius 3 is 2.48 bits per heavy atom. The molecule has 6 nitrogen and oxygen atoms in total. The highest BCUT2D eigenvalue weighted by molar-refractivity contribution is 5.28. The molecule has 0 aliphatic carbocycles. The van der Waals surface area contributed by atoms with Gasteiger partial charge in [0.1, 0.15) is 11.3 Å². The van der Waals surface area contributed by atoms with Gasteiger partial charge in [0.05, 0.1) is 20.4 Å². The van der Waals surface area contributed by atoms with Gasteiger partial charge in [0.25, 0.3) is 0 Å². The normalized spacial score (nSPS) is 18.8. The first kappa shape index (κ1) is 16.0. The van der Waals surface area contributed by atoms with Crippen LogP contribution in [0.2, 0.25) is 0 Å². The van der Waals surface area contributed by atoms with Gasteiger partial charge in [-0.2, -0.15) is 4.98 Å². The summed E-state index contributed by atoms with van der Waals surface area (Å²) < 4.78 is 10.3. The van der Waals surface area contributed by atoms with E-state index in [1.165, 1.54) is 20.4 Å². The summed E-state index contributed by atoms with van der Waals surface area (Å²) in [6, 6.07) is 0. The number of ether oxygens (including phenoxy) is 2. The molecule has 0 amide bonds. The Labute approximate surface area is 126 Å². The first-order valence-corrected chi connectivity index (χ1v) is 7.38. The second kappa shape index (κ2) is 6.58. The van der Waals surface area contributed by atoms with Crippen molar-refractivity contribution in [2.24, 2.45) is 5.92 Å². The molecule has 0 aromatic carbocycles. The third kappa shape index (κ3) is 3.63. The average molecular weight is 295 g/mol. The molecule has 1 aromatic rings. The zero-order valence-corrected chi connectivity index (χ0v) is 13.3. The molecular formula is C15H25N3O3. The molecule has 2 rings (SSSR count). The zero-order valence-electron chi connectivity index (χ0n) is 13.3. The molecule has 0 spiro atoms. The van der Waals surface area contributed by atoms with E-state index in [0.717, 1.165) is 19.6 Å². The molecule has 21 heavy (non-hydrogen) atoms. The van der Waals surface area contributed by atoms with Gasteiger partial charge in [-0.3, -0.25) is 0 Å². The smallest absolute Gasteiger partial charge is 0.241 e. The van der Waals surface area contributed by atoms with Crippen LogP contribution >= 0.6 is 0 Å². The van der Waals surface area contributed by atoms with Crippen LogP contribution < -0.4 is 9.47 Å². The minimum absolute atomic E-state index is 0.342. The van der Waals surface area contributed by atoms with Crippen molar-refractivity contribution in [1.29, 1.82) is 0 Å². The van der Waals surface area contributed by atoms with Crippen LogP contribution in [0.3, 0.4) is 0 Å². The fraction of sp³-hybridized carbons (Fsp3) is 0.733. The van der Waals surface area contributed by atoms with Gasteiger partial charge in [0.15, 0.2) is 0 Å². The predicted octanol–water partition coefficient (Wildman–Crippen LogP) is 1.43. The molecule has 1 aliphatic rings. The molecule has 1 aliphatic heterocycles. The summed E-state index contributed by atoms with van der Waals surface area (Å²) in [6.45, 7) is 7.18. The lowest BCUT2D eigenvalue weighted by Crippen LogP contribution is -2.44. The quantitative estimate of drug-likeness (QED) is 0.886. The van der Waals surface area contributed by atoms with E-state index in [9.17, 15) is 5.11 Å². The molecule has 1 N–H and O–H groups in total. The Morgan fingerprint density at radius 2 is 1.95 bits per heavy atom. The maximum atomic E-state index is 10.9. The standard InChI is InChI=1S/C15H25N3O3/c1-11(2)10-18-7-5-15(19,6-8-18)13-14(21-4)17-12(20-3)9-16-13/h9,11,19H,5-8,10H2,1-4H3. The maximum Gasteiger partial charge on any atom is 0.241 e. The SMILES string of the molecule is COc1cnc(C2(O)CCN(CC(C)C)CC2)c(OC)n1. The summed E-state index contributed by atoms with van der Waals surface area (Å²) in [6.07, 6.45) is 2.80. The first-order chi connectivity index (χ1) is 9.98. The van der Waals surface area contributed by atoms with E-state index in [2.05, 4.69) is 28.7 Å². The highest BCUT2D eigenvalue weighted by Crippen LogP contribution is 2.36. The molecule has 0 saturated carbocycles. The fourth-order valence-electron chi connectivity index (χ4n) is 2.78. The molecule has 0 bridgehead atoms. The third-order valence-corrected chi connectivity index (χ3v) is 3.87. The maximum absolute atomic E-state index is 10.9. The number of hydrogen-bond donors (Lipinski definition) is 1. The Morgan fingerprint density at radius 1 is 1.29 bits per heavy atom. The largest absolute Gasteiger partial charge is 0.480 e. The minimum atomic E-state index is -0.974. The predicted molar refractivity (Wildman–Crippen MR) is 79.5 cm³/mol. The number of nitrogens with zero attached hydrogens (tertiary/aromatic N) is 3. The van der Waals surface area contributed by atoms with Gasteiger partial charge in [-0.1, -0.05) is 13.8 Å². The van der Waals surface area contributed by atoms with Crippen molar-refractivity contribution in [3.63, 3.8) is 0 Å². The van der Waals surface area contributed by atoms with Crippen LogP contribution in [0.4, 0.5) is 0 Å². The molecule has 0 atom stereocenters. The summed E-state index contributed by atoms with van der Waals surface area (Å²) in [5, 5.41) is 10.9. The summed E-state index contributed by atoms with van der Waals surface area (Å²) in [5.74, 6) is 1.36. The number of aliphatic hydroxyl groups is 1. The van der Waals surface area contributed by atoms with Crippen molar-refractivity contribution >= 4 is 0 Å². The number of likely N-dealkylation sites (tertiary alicyclic amines) is 1. The van der Waals surface area contributed by atoms with Crippen LogP contribution in [0.25, 0.3) is 0 Å². The van der Waals surface area contributed by atoms with Crippen LogP contribution in [-0.2, 0) is 5.60 Å². The lowest BCUT2D eigenvalue weighted by atomic mass is 9.87. The van der Waals surface area contributed by atoms with Crippen LogP contribution in [0.1, 0.15) is 32.4 Å². The molecule has 2 heterocycles. The topological polar surface area (TPSA) is 67.7 Å². The van der Waals surface area contributed by atoms with Gasteiger partial charge in [-0.15, -0.1) is 0 Å². The van der Waals surface area contributed by atoms with Crippen molar-refractivity contribution in [1.82, 2.24) is 14.9 Å². The number of piperidine rings is 1. The fourth-order valence-corrected chi connectivity index (χ4v) is 2.78. The van der Waals surface area contributed by atoms with Crippen LogP contribution in [0, 0.1) is 5.92 Å². The lowest BCUT2D eigenvalue weighted by Gasteiger charge is -2.38. The monoisotopic (exact) mass is 295 g/mol. The third-order valence-electron chi connectivity index (χ3n) is 3.87. The molecule has 1 saturated heterocycles. The Kier molecular flexibility index (Phi) is 5.00. The van der Waals surface area contributed by atoms with E-state index >= 15 is 0 Å². The molecule has 6 heteroatoms. The van der Waals surface area contributed by atoms with Crippen molar-refractivity contribution in [2.75, 3.05) is 33.9 Å². The van der Waals surface area contributed by atoms with E-state index in [1.807, 2.05) is 0 Å². The average Bonchev–Trinajstić information content (AvgIpc) is 2.48. The number of rotatable bonds is 5. The summed E-state index contributed by atoms with van der Waals surface area (Å²) in [4.78, 5) is 10.9. The van der Waals surface area contributed by atoms with E-state index in [-0.39, 0.29) is 0 Å². The van der Waals surface area contributed by atoms with Gasteiger partial charge in [0, 0.05) is 19.6 Å². The molecule has 118 valence electrons. The highest BCUT2D eigenvalue weighted by atomic mass is 16.5. The summed E-state index contributed by atoms with van der Waals surface area (Å²) in [5.41, 5.74) is -0.465. The number of aromatic nitrogens is 2. The summed E-state index contributed by atoms with van der Waals surface area (Å²) >= 11 is 0. The number of methoxy groups -OCH3 is 2. The second-order valence-electron chi connectivity index (χ2n) is 6.00. The highest BCUT2D eigenvalue weighted by Gasteiger charge is 2.38. The minimum Gasteiger partial charge on any atom is -0.480 e. The van der Waals surface area contributed by atoms with Crippen molar-refractivity contribution in [3.05, 3.63) is 11.9 Å². The Bertz CT molecular complexity index is 471. The molecular weight excluding hydrogens is 270 g/mol. The van der Waals surface area contributed by atoms with Crippen LogP contribution in [-0.4, -0.2) is 53.8 Å². The van der Waals surface area contributed by atoms with Gasteiger partial charge in [0.2, 0.25) is 11.8 Å². The van der Waals surface area contributed by atoms with Crippen LogP contribution in [0.5, 0.6) is 11.8 Å². The first-order valence-electron chi connectivity index (χ1n) is 7.38. The van der Waals surface area contributed by atoms with E-state index in [4.69, 9.17) is 9.47 Å². The number of hydrogen-bond acceptors (Lipinski definition) is 6. The van der Waals surface area contributed by atoms with E-state index in [0.29, 0.717) is 36.2 Å². The Balaban J connectivity index is 2.14. The molecule has 1 fully saturated rings. The van der Waals surface area contributed by atoms with Gasteiger partial charge < -0.3 is 19.5 Å². The summed E-state index contributed by atoms with van der Waals surface area (Å²) in [7, 11) is 3.06. The molecule has 0 radical (unpaired) electrons. The van der Waals surface area contributed by atoms with Crippen LogP contribution in [0.15, 0.2) is 6.20 Å². The van der Waals surface area contributed by atoms with Crippen molar-refractivity contribution < 1.29 is 14.6 Å². The van der Waals surface area contributed by atoms with Gasteiger partial charge in [-0.05, 0) is 18.8 Å². The lowest BCUT2D eigenvalue weighted by molar-refractivity contribution is -0.0334. The second-order valence-corrected chi connectivity index (χ2v) is 6.00. The van der Waals surface area contributed by atoms with E-state index in [1.54, 1.807) is 0 Å². The molecule has 1 aromatic heterocycles. The van der Waals surface area contributed by atoms with Crippen molar-refractivity contribution in [2.45, 2.75) is 32.3 Å². The van der Waals surface area contributed by atoms with Gasteiger partial charge in [-0.25, -0.2) is 4.98 Å². The van der Waals surface area contributed by atoms with Crippen molar-refractivity contribution in [3.8, 4) is 11.8 Å². The Hall–Kier alpha value is -1.40. The zero-order chi connectivity index (χ0) is 15.5. The molecule has 0 unspecified atom stereocenters. The van der Waals surface area contributed by atoms with E-state index < -0.39 is 5.60 Å².